The van der Waals surface area contributed by atoms with Gasteiger partial charge >= 0.3 is 0 Å². The van der Waals surface area contributed by atoms with Crippen molar-refractivity contribution in [3.63, 3.8) is 0 Å². The molecule has 2 aromatic carbocycles. The minimum absolute atomic E-state index is 0.0174. The van der Waals surface area contributed by atoms with E-state index in [1.54, 1.807) is 0 Å². The Balaban J connectivity index is 1.56. The van der Waals surface area contributed by atoms with Crippen molar-refractivity contribution in [2.75, 3.05) is 11.1 Å². The number of carbonyl (C=O) groups excluding carboxylic acids is 1. The first-order chi connectivity index (χ1) is 14.4. The number of anilines is 1. The Morgan fingerprint density at radius 1 is 1.13 bits per heavy atom. The topological polar surface area (TPSA) is 129 Å². The molecule has 3 N–H and O–H groups in total. The van der Waals surface area contributed by atoms with Crippen LogP contribution < -0.4 is 15.2 Å². The third-order valence-electron chi connectivity index (χ3n) is 4.02. The average molecular weight is 448 g/mol. The molecule has 0 aliphatic carbocycles. The number of rotatable bonds is 9. The number of benzene rings is 2. The van der Waals surface area contributed by atoms with Gasteiger partial charge in [-0.25, -0.2) is 13.6 Å². The molecule has 0 fully saturated rings. The van der Waals surface area contributed by atoms with Crippen LogP contribution in [-0.2, 0) is 28.0 Å². The van der Waals surface area contributed by atoms with E-state index in [4.69, 9.17) is 9.88 Å². The first kappa shape index (κ1) is 21.8. The first-order valence-electron chi connectivity index (χ1n) is 9.02. The quantitative estimate of drug-likeness (QED) is 0.481. The number of ether oxygens (including phenoxy) is 1. The number of nitrogens with one attached hydrogen (secondary N) is 1. The molecule has 0 atom stereocenters. The Morgan fingerprint density at radius 3 is 2.47 bits per heavy atom. The predicted molar refractivity (Wildman–Crippen MR) is 114 cm³/mol. The van der Waals surface area contributed by atoms with Crippen molar-refractivity contribution in [3.8, 4) is 5.75 Å². The molecule has 1 aromatic heterocycles. The zero-order chi connectivity index (χ0) is 21.6. The van der Waals surface area contributed by atoms with E-state index in [9.17, 15) is 13.2 Å². The summed E-state index contributed by atoms with van der Waals surface area (Å²) in [5.41, 5.74) is 0.474. The molecule has 0 radical (unpaired) electrons. The highest BCUT2D eigenvalue weighted by molar-refractivity contribution is 7.99. The van der Waals surface area contributed by atoms with Crippen LogP contribution in [0.15, 0.2) is 64.6 Å². The molecule has 0 saturated carbocycles. The fourth-order valence-corrected chi connectivity index (χ4v) is 3.91. The van der Waals surface area contributed by atoms with Gasteiger partial charge in [0.05, 0.1) is 10.6 Å². The molecule has 0 aliphatic rings. The monoisotopic (exact) mass is 447 g/mol. The van der Waals surface area contributed by atoms with Crippen LogP contribution >= 0.6 is 11.8 Å². The van der Waals surface area contributed by atoms with Crippen molar-refractivity contribution >= 4 is 33.4 Å². The summed E-state index contributed by atoms with van der Waals surface area (Å²) < 4.78 is 30.2. The first-order valence-corrected chi connectivity index (χ1v) is 11.6. The largest absolute Gasteiger partial charge is 0.486 e. The molecule has 0 aliphatic heterocycles. The zero-order valence-corrected chi connectivity index (χ0v) is 17.8. The fourth-order valence-electron chi connectivity index (χ4n) is 2.57. The van der Waals surface area contributed by atoms with E-state index in [1.165, 1.54) is 36.0 Å². The van der Waals surface area contributed by atoms with Crippen LogP contribution in [0.2, 0.25) is 0 Å². The summed E-state index contributed by atoms with van der Waals surface area (Å²) in [6, 6.07) is 15.1. The molecule has 1 amide bonds. The Bertz CT molecular complexity index is 1100. The van der Waals surface area contributed by atoms with Crippen molar-refractivity contribution in [3.05, 3.63) is 60.4 Å². The summed E-state index contributed by atoms with van der Waals surface area (Å²) in [5, 5.41) is 16.7. The van der Waals surface area contributed by atoms with E-state index in [1.807, 2.05) is 41.8 Å². The van der Waals surface area contributed by atoms with Crippen LogP contribution in [0.1, 0.15) is 12.7 Å². The summed E-state index contributed by atoms with van der Waals surface area (Å²) in [6.45, 7) is 2.88. The van der Waals surface area contributed by atoms with Crippen LogP contribution in [0.4, 0.5) is 5.69 Å². The minimum atomic E-state index is -3.77. The van der Waals surface area contributed by atoms with Crippen LogP contribution in [0, 0.1) is 0 Å². The van der Waals surface area contributed by atoms with Crippen LogP contribution in [0.25, 0.3) is 0 Å². The lowest BCUT2D eigenvalue weighted by molar-refractivity contribution is -0.113. The van der Waals surface area contributed by atoms with Gasteiger partial charge in [0.25, 0.3) is 0 Å². The van der Waals surface area contributed by atoms with Gasteiger partial charge in [-0.2, -0.15) is 0 Å². The summed E-state index contributed by atoms with van der Waals surface area (Å²) in [6.07, 6.45) is 0. The van der Waals surface area contributed by atoms with Crippen molar-refractivity contribution in [2.45, 2.75) is 30.1 Å². The van der Waals surface area contributed by atoms with Crippen LogP contribution in [0.3, 0.4) is 0 Å². The number of primary sulfonamides is 1. The lowest BCUT2D eigenvalue weighted by atomic mass is 10.3. The molecule has 0 spiro atoms. The van der Waals surface area contributed by atoms with Crippen LogP contribution in [-0.4, -0.2) is 34.8 Å². The fraction of sp³-hybridized carbons (Fsp3) is 0.211. The van der Waals surface area contributed by atoms with Gasteiger partial charge < -0.3 is 14.6 Å². The molecule has 1 heterocycles. The van der Waals surface area contributed by atoms with Gasteiger partial charge in [-0.3, -0.25) is 4.79 Å². The van der Waals surface area contributed by atoms with Crippen molar-refractivity contribution < 1.29 is 17.9 Å². The number of amides is 1. The minimum Gasteiger partial charge on any atom is -0.486 e. The number of thioether (sulfide) groups is 1. The predicted octanol–water partition coefficient (Wildman–Crippen LogP) is 2.26. The summed E-state index contributed by atoms with van der Waals surface area (Å²) in [4.78, 5) is 12.2. The van der Waals surface area contributed by atoms with Crippen molar-refractivity contribution in [1.82, 2.24) is 14.8 Å². The molecular formula is C19H21N5O4S2. The van der Waals surface area contributed by atoms with E-state index < -0.39 is 10.0 Å². The van der Waals surface area contributed by atoms with Gasteiger partial charge in [0, 0.05) is 12.2 Å². The van der Waals surface area contributed by atoms with Gasteiger partial charge in [0.1, 0.15) is 12.4 Å². The highest BCUT2D eigenvalue weighted by Gasteiger charge is 2.14. The number of nitrogens with zero attached hydrogens (tertiary/aromatic N) is 3. The van der Waals surface area contributed by atoms with Gasteiger partial charge in [-0.1, -0.05) is 30.0 Å². The van der Waals surface area contributed by atoms with E-state index in [0.29, 0.717) is 23.2 Å². The smallest absolute Gasteiger partial charge is 0.238 e. The summed E-state index contributed by atoms with van der Waals surface area (Å²) in [7, 11) is -3.77. The highest BCUT2D eigenvalue weighted by atomic mass is 32.2. The third-order valence-corrected chi connectivity index (χ3v) is 5.92. The van der Waals surface area contributed by atoms with Gasteiger partial charge in [-0.05, 0) is 43.3 Å². The van der Waals surface area contributed by atoms with Gasteiger partial charge in [0.15, 0.2) is 11.0 Å². The normalized spacial score (nSPS) is 11.3. The molecule has 3 aromatic rings. The maximum absolute atomic E-state index is 12.2. The maximum Gasteiger partial charge on any atom is 0.238 e. The number of hydrogen-bond donors (Lipinski definition) is 2. The second-order valence-corrected chi connectivity index (χ2v) is 8.65. The Kier molecular flexibility index (Phi) is 7.08. The van der Waals surface area contributed by atoms with Crippen molar-refractivity contribution in [1.29, 1.82) is 0 Å². The number of aromatic nitrogens is 3. The van der Waals surface area contributed by atoms with E-state index in [0.717, 1.165) is 5.75 Å². The molecule has 0 unspecified atom stereocenters. The molecule has 3 rings (SSSR count). The van der Waals surface area contributed by atoms with Crippen LogP contribution in [0.5, 0.6) is 5.75 Å². The lowest BCUT2D eigenvalue weighted by Gasteiger charge is -2.09. The lowest BCUT2D eigenvalue weighted by Crippen LogP contribution is -2.15. The van der Waals surface area contributed by atoms with E-state index in [2.05, 4.69) is 15.5 Å². The number of para-hydroxylation sites is 1. The second-order valence-electron chi connectivity index (χ2n) is 6.15. The maximum atomic E-state index is 12.2. The highest BCUT2D eigenvalue weighted by Crippen LogP contribution is 2.19. The molecular weight excluding hydrogens is 426 g/mol. The number of nitrogens with two attached hydrogens (primary N) is 1. The molecule has 9 nitrogen and oxygen atoms in total. The summed E-state index contributed by atoms with van der Waals surface area (Å²) in [5.74, 6) is 1.28. The van der Waals surface area contributed by atoms with Gasteiger partial charge in [-0.15, -0.1) is 10.2 Å². The standard InChI is InChI=1S/C19H21N5O4S2/c1-2-24-17(12-28-15-6-4-3-5-7-15)22-23-19(24)29-13-18(25)21-14-8-10-16(11-9-14)30(20,26)27/h3-11H,2,12-13H2,1H3,(H,21,25)(H2,20,26,27). The SMILES string of the molecule is CCn1c(COc2ccccc2)nnc1SCC(=O)Nc1ccc(S(N)(=O)=O)cc1. The zero-order valence-electron chi connectivity index (χ0n) is 16.2. The average Bonchev–Trinajstić information content (AvgIpc) is 3.13. The number of sulfonamides is 1. The molecule has 0 saturated heterocycles. The number of hydrogen-bond acceptors (Lipinski definition) is 7. The van der Waals surface area contributed by atoms with Crippen molar-refractivity contribution in [2.24, 2.45) is 5.14 Å². The Morgan fingerprint density at radius 2 is 1.83 bits per heavy atom. The number of carbonyl (C=O) groups is 1. The molecule has 11 heteroatoms. The molecule has 30 heavy (non-hydrogen) atoms. The Labute approximate surface area is 178 Å². The van der Waals surface area contributed by atoms with E-state index in [-0.39, 0.29) is 23.2 Å². The van der Waals surface area contributed by atoms with Gasteiger partial charge in [0.2, 0.25) is 15.9 Å². The molecule has 0 bridgehead atoms. The Hall–Kier alpha value is -2.89. The second kappa shape index (κ2) is 9.74. The molecule has 158 valence electrons. The van der Waals surface area contributed by atoms with E-state index >= 15 is 0 Å². The summed E-state index contributed by atoms with van der Waals surface area (Å²) >= 11 is 1.25. The third kappa shape index (κ3) is 5.81.